The van der Waals surface area contributed by atoms with Crippen LogP contribution in [0.5, 0.6) is 5.75 Å². The van der Waals surface area contributed by atoms with Crippen LogP contribution in [-0.4, -0.2) is 12.5 Å². The fourth-order valence-corrected chi connectivity index (χ4v) is 2.44. The largest absolute Gasteiger partial charge is 0.435 e. The number of carbonyl (C=O) groups is 1. The van der Waals surface area contributed by atoms with E-state index in [4.69, 9.17) is 0 Å². The summed E-state index contributed by atoms with van der Waals surface area (Å²) in [7, 11) is 0. The molecule has 0 aliphatic rings. The SMILES string of the molecule is C[C@@H](NC(=O)c1cccc(OC(F)F)c1)c1cccs1. The second-order valence-corrected chi connectivity index (χ2v) is 5.10. The average Bonchev–Trinajstić information content (AvgIpc) is 2.92. The van der Waals surface area contributed by atoms with Gasteiger partial charge in [-0.3, -0.25) is 4.79 Å². The van der Waals surface area contributed by atoms with Gasteiger partial charge in [0.15, 0.2) is 0 Å². The van der Waals surface area contributed by atoms with E-state index >= 15 is 0 Å². The van der Waals surface area contributed by atoms with Crippen molar-refractivity contribution in [2.45, 2.75) is 19.6 Å². The topological polar surface area (TPSA) is 38.3 Å². The van der Waals surface area contributed by atoms with Gasteiger partial charge in [0.05, 0.1) is 6.04 Å². The van der Waals surface area contributed by atoms with Gasteiger partial charge >= 0.3 is 6.61 Å². The number of nitrogens with one attached hydrogen (secondary N) is 1. The predicted octanol–water partition coefficient (Wildman–Crippen LogP) is 3.84. The molecule has 2 rings (SSSR count). The molecule has 1 aromatic heterocycles. The van der Waals surface area contributed by atoms with Gasteiger partial charge in [0, 0.05) is 10.4 Å². The first-order chi connectivity index (χ1) is 9.56. The van der Waals surface area contributed by atoms with E-state index in [2.05, 4.69) is 10.1 Å². The van der Waals surface area contributed by atoms with Gasteiger partial charge in [0.1, 0.15) is 5.75 Å². The van der Waals surface area contributed by atoms with Crippen molar-refractivity contribution in [3.8, 4) is 5.75 Å². The van der Waals surface area contributed by atoms with Crippen LogP contribution in [0.4, 0.5) is 8.78 Å². The molecule has 0 aliphatic heterocycles. The van der Waals surface area contributed by atoms with Gasteiger partial charge in [-0.05, 0) is 36.6 Å². The van der Waals surface area contributed by atoms with Gasteiger partial charge in [-0.2, -0.15) is 8.78 Å². The molecule has 0 spiro atoms. The van der Waals surface area contributed by atoms with Gasteiger partial charge < -0.3 is 10.1 Å². The summed E-state index contributed by atoms with van der Waals surface area (Å²) in [6.07, 6.45) is 0. The highest BCUT2D eigenvalue weighted by Gasteiger charge is 2.13. The summed E-state index contributed by atoms with van der Waals surface area (Å²) >= 11 is 1.54. The third kappa shape index (κ3) is 3.77. The maximum absolute atomic E-state index is 12.1. The van der Waals surface area contributed by atoms with Crippen LogP contribution < -0.4 is 10.1 Å². The fourth-order valence-electron chi connectivity index (χ4n) is 1.70. The van der Waals surface area contributed by atoms with E-state index < -0.39 is 6.61 Å². The van der Waals surface area contributed by atoms with Crippen LogP contribution >= 0.6 is 11.3 Å². The monoisotopic (exact) mass is 297 g/mol. The van der Waals surface area contributed by atoms with Gasteiger partial charge in [-0.15, -0.1) is 11.3 Å². The Morgan fingerprint density at radius 3 is 2.75 bits per heavy atom. The van der Waals surface area contributed by atoms with E-state index in [9.17, 15) is 13.6 Å². The molecule has 0 unspecified atom stereocenters. The number of alkyl halides is 2. The zero-order valence-electron chi connectivity index (χ0n) is 10.7. The number of thiophene rings is 1. The van der Waals surface area contributed by atoms with Gasteiger partial charge in [-0.25, -0.2) is 0 Å². The van der Waals surface area contributed by atoms with E-state index in [1.54, 1.807) is 17.4 Å². The highest BCUT2D eigenvalue weighted by atomic mass is 32.1. The first-order valence-corrected chi connectivity index (χ1v) is 6.83. The minimum atomic E-state index is -2.90. The minimum absolute atomic E-state index is 0.0311. The molecular weight excluding hydrogens is 284 g/mol. The maximum atomic E-state index is 12.1. The summed E-state index contributed by atoms with van der Waals surface area (Å²) in [4.78, 5) is 13.1. The van der Waals surface area contributed by atoms with Gasteiger partial charge in [0.25, 0.3) is 5.91 Å². The zero-order chi connectivity index (χ0) is 14.5. The van der Waals surface area contributed by atoms with Crippen molar-refractivity contribution >= 4 is 17.2 Å². The van der Waals surface area contributed by atoms with Gasteiger partial charge in [-0.1, -0.05) is 12.1 Å². The molecule has 0 fully saturated rings. The smallest absolute Gasteiger partial charge is 0.387 e. The molecule has 0 radical (unpaired) electrons. The molecule has 1 heterocycles. The Labute approximate surface area is 119 Å². The number of halogens is 2. The summed E-state index contributed by atoms with van der Waals surface area (Å²) < 4.78 is 28.5. The van der Waals surface area contributed by atoms with Crippen molar-refractivity contribution in [2.24, 2.45) is 0 Å². The van der Waals surface area contributed by atoms with Gasteiger partial charge in [0.2, 0.25) is 0 Å². The third-order valence-corrected chi connectivity index (χ3v) is 3.69. The molecular formula is C14H13F2NO2S. The van der Waals surface area contributed by atoms with Crippen molar-refractivity contribution in [1.29, 1.82) is 0 Å². The summed E-state index contributed by atoms with van der Waals surface area (Å²) in [5.41, 5.74) is 0.284. The molecule has 106 valence electrons. The predicted molar refractivity (Wildman–Crippen MR) is 73.3 cm³/mol. The van der Waals surface area contributed by atoms with E-state index in [-0.39, 0.29) is 23.3 Å². The van der Waals surface area contributed by atoms with Crippen molar-refractivity contribution in [3.05, 3.63) is 52.2 Å². The number of amides is 1. The summed E-state index contributed by atoms with van der Waals surface area (Å²) in [6, 6.07) is 9.42. The van der Waals surface area contributed by atoms with Crippen molar-refractivity contribution in [2.75, 3.05) is 0 Å². The number of hydrogen-bond donors (Lipinski definition) is 1. The number of ether oxygens (including phenoxy) is 1. The van der Waals surface area contributed by atoms with E-state index in [1.807, 2.05) is 24.4 Å². The van der Waals surface area contributed by atoms with Crippen molar-refractivity contribution in [1.82, 2.24) is 5.32 Å². The average molecular weight is 297 g/mol. The summed E-state index contributed by atoms with van der Waals surface area (Å²) in [5.74, 6) is -0.359. The quantitative estimate of drug-likeness (QED) is 0.910. The molecule has 1 aromatic carbocycles. The van der Waals surface area contributed by atoms with Crippen LogP contribution in [0.3, 0.4) is 0 Å². The Morgan fingerprint density at radius 2 is 2.10 bits per heavy atom. The lowest BCUT2D eigenvalue weighted by atomic mass is 10.2. The summed E-state index contributed by atoms with van der Waals surface area (Å²) in [5, 5.41) is 4.73. The highest BCUT2D eigenvalue weighted by Crippen LogP contribution is 2.20. The first kappa shape index (κ1) is 14.5. The third-order valence-electron chi connectivity index (χ3n) is 2.64. The molecule has 1 N–H and O–H groups in total. The maximum Gasteiger partial charge on any atom is 0.387 e. The lowest BCUT2D eigenvalue weighted by molar-refractivity contribution is -0.0498. The minimum Gasteiger partial charge on any atom is -0.435 e. The second-order valence-electron chi connectivity index (χ2n) is 4.12. The molecule has 0 saturated heterocycles. The lowest BCUT2D eigenvalue weighted by Gasteiger charge is -2.13. The Hall–Kier alpha value is -1.95. The normalized spacial score (nSPS) is 12.2. The zero-order valence-corrected chi connectivity index (χ0v) is 11.5. The molecule has 20 heavy (non-hydrogen) atoms. The molecule has 0 aliphatic carbocycles. The van der Waals surface area contributed by atoms with Crippen LogP contribution in [-0.2, 0) is 0 Å². The number of rotatable bonds is 5. The second kappa shape index (κ2) is 6.47. The fraction of sp³-hybridized carbons (Fsp3) is 0.214. The molecule has 3 nitrogen and oxygen atoms in total. The van der Waals surface area contributed by atoms with Crippen LogP contribution in [0.1, 0.15) is 28.2 Å². The van der Waals surface area contributed by atoms with Crippen molar-refractivity contribution in [3.63, 3.8) is 0 Å². The molecule has 1 atom stereocenters. The number of benzene rings is 1. The molecule has 1 amide bonds. The van der Waals surface area contributed by atoms with Crippen LogP contribution in [0, 0.1) is 0 Å². The van der Waals surface area contributed by atoms with E-state index in [0.29, 0.717) is 0 Å². The molecule has 6 heteroatoms. The number of hydrogen-bond acceptors (Lipinski definition) is 3. The Bertz CT molecular complexity index is 572. The van der Waals surface area contributed by atoms with Crippen LogP contribution in [0.15, 0.2) is 41.8 Å². The summed E-state index contributed by atoms with van der Waals surface area (Å²) in [6.45, 7) is -1.04. The van der Waals surface area contributed by atoms with E-state index in [0.717, 1.165) is 4.88 Å². The van der Waals surface area contributed by atoms with Crippen LogP contribution in [0.2, 0.25) is 0 Å². The number of carbonyl (C=O) groups excluding carboxylic acids is 1. The van der Waals surface area contributed by atoms with Crippen molar-refractivity contribution < 1.29 is 18.3 Å². The standard InChI is InChI=1S/C14H13F2NO2S/c1-9(12-6-3-7-20-12)17-13(18)10-4-2-5-11(8-10)19-14(15)16/h2-9,14H,1H3,(H,17,18)/t9-/m1/s1. The molecule has 0 bridgehead atoms. The van der Waals surface area contributed by atoms with Crippen LogP contribution in [0.25, 0.3) is 0 Å². The molecule has 0 saturated carbocycles. The Balaban J connectivity index is 2.05. The Morgan fingerprint density at radius 1 is 1.30 bits per heavy atom. The molecule has 2 aromatic rings. The Kier molecular flexibility index (Phi) is 4.68. The lowest BCUT2D eigenvalue weighted by Crippen LogP contribution is -2.26. The van der Waals surface area contributed by atoms with E-state index in [1.165, 1.54) is 18.2 Å². The highest BCUT2D eigenvalue weighted by molar-refractivity contribution is 7.10. The first-order valence-electron chi connectivity index (χ1n) is 5.95.